The lowest BCUT2D eigenvalue weighted by Crippen LogP contribution is -2.13. The molecule has 4 heteroatoms. The van der Waals surface area contributed by atoms with Gasteiger partial charge in [-0.15, -0.1) is 0 Å². The van der Waals surface area contributed by atoms with E-state index in [2.05, 4.69) is 9.97 Å². The van der Waals surface area contributed by atoms with E-state index < -0.39 is 0 Å². The normalized spacial score (nSPS) is 13.0. The molecule has 0 fully saturated rings. The topological polar surface area (TPSA) is 67.8 Å². The van der Waals surface area contributed by atoms with E-state index in [0.717, 1.165) is 11.4 Å². The number of hydrogen-bond donors (Lipinski definition) is 2. The molecule has 13 heavy (non-hydrogen) atoms. The quantitative estimate of drug-likeness (QED) is 0.741. The molecule has 0 aliphatic carbocycles. The fourth-order valence-corrected chi connectivity index (χ4v) is 1.22. The summed E-state index contributed by atoms with van der Waals surface area (Å²) in [4.78, 5) is 7.11. The Kier molecular flexibility index (Phi) is 2.14. The monoisotopic (exact) mass is 177 g/mol. The third-order valence-electron chi connectivity index (χ3n) is 1.94. The van der Waals surface area contributed by atoms with Crippen molar-refractivity contribution in [1.29, 1.82) is 0 Å². The number of rotatable bonds is 3. The standard InChI is InChI=1S/C9H11N3O/c10-8(7-1-4-13-6-7)5-9-11-2-3-12-9/h1-4,6,8H,5,10H2,(H,11,12). The second-order valence-electron chi connectivity index (χ2n) is 2.90. The lowest BCUT2D eigenvalue weighted by Gasteiger charge is -2.05. The number of imidazole rings is 1. The molecule has 2 heterocycles. The maximum atomic E-state index is 5.91. The van der Waals surface area contributed by atoms with Gasteiger partial charge < -0.3 is 15.1 Å². The molecule has 2 rings (SSSR count). The minimum Gasteiger partial charge on any atom is -0.472 e. The summed E-state index contributed by atoms with van der Waals surface area (Å²) in [5.74, 6) is 0.897. The summed E-state index contributed by atoms with van der Waals surface area (Å²) >= 11 is 0. The first-order chi connectivity index (χ1) is 6.36. The Morgan fingerprint density at radius 2 is 2.54 bits per heavy atom. The second kappa shape index (κ2) is 3.45. The number of nitrogens with zero attached hydrogens (tertiary/aromatic N) is 1. The largest absolute Gasteiger partial charge is 0.472 e. The van der Waals surface area contributed by atoms with Crippen molar-refractivity contribution < 1.29 is 4.42 Å². The Bertz CT molecular complexity index is 339. The summed E-state index contributed by atoms with van der Waals surface area (Å²) in [5.41, 5.74) is 6.91. The molecule has 4 nitrogen and oxygen atoms in total. The molecule has 0 radical (unpaired) electrons. The minimum absolute atomic E-state index is 0.0510. The van der Waals surface area contributed by atoms with Crippen molar-refractivity contribution in [3.63, 3.8) is 0 Å². The second-order valence-corrected chi connectivity index (χ2v) is 2.90. The lowest BCUT2D eigenvalue weighted by atomic mass is 10.1. The molecule has 68 valence electrons. The van der Waals surface area contributed by atoms with Crippen molar-refractivity contribution >= 4 is 0 Å². The first kappa shape index (κ1) is 8.07. The van der Waals surface area contributed by atoms with Crippen molar-refractivity contribution in [3.8, 4) is 0 Å². The van der Waals surface area contributed by atoms with Crippen LogP contribution in [-0.4, -0.2) is 9.97 Å². The minimum atomic E-state index is -0.0510. The Labute approximate surface area is 75.8 Å². The van der Waals surface area contributed by atoms with Gasteiger partial charge in [-0.25, -0.2) is 4.98 Å². The zero-order valence-corrected chi connectivity index (χ0v) is 7.10. The number of furan rings is 1. The van der Waals surface area contributed by atoms with Gasteiger partial charge in [-0.1, -0.05) is 0 Å². The van der Waals surface area contributed by atoms with Gasteiger partial charge in [0.05, 0.1) is 12.5 Å². The van der Waals surface area contributed by atoms with Gasteiger partial charge in [0.15, 0.2) is 0 Å². The van der Waals surface area contributed by atoms with Crippen LogP contribution in [0.5, 0.6) is 0 Å². The zero-order valence-electron chi connectivity index (χ0n) is 7.10. The Hall–Kier alpha value is -1.55. The van der Waals surface area contributed by atoms with E-state index >= 15 is 0 Å². The van der Waals surface area contributed by atoms with Gasteiger partial charge in [0.25, 0.3) is 0 Å². The number of nitrogens with one attached hydrogen (secondary N) is 1. The highest BCUT2D eigenvalue weighted by Crippen LogP contribution is 2.13. The average Bonchev–Trinajstić information content (AvgIpc) is 2.74. The van der Waals surface area contributed by atoms with E-state index in [9.17, 15) is 0 Å². The van der Waals surface area contributed by atoms with Crippen LogP contribution < -0.4 is 5.73 Å². The fraction of sp³-hybridized carbons (Fsp3) is 0.222. The Morgan fingerprint density at radius 1 is 1.62 bits per heavy atom. The van der Waals surface area contributed by atoms with Crippen molar-refractivity contribution in [1.82, 2.24) is 9.97 Å². The van der Waals surface area contributed by atoms with Gasteiger partial charge in [0.1, 0.15) is 5.82 Å². The molecular weight excluding hydrogens is 166 g/mol. The summed E-state index contributed by atoms with van der Waals surface area (Å²) in [7, 11) is 0. The molecule has 0 aromatic carbocycles. The highest BCUT2D eigenvalue weighted by molar-refractivity contribution is 5.12. The van der Waals surface area contributed by atoms with Crippen LogP contribution in [-0.2, 0) is 6.42 Å². The maximum absolute atomic E-state index is 5.91. The van der Waals surface area contributed by atoms with Crippen LogP contribution in [0.15, 0.2) is 35.4 Å². The summed E-state index contributed by atoms with van der Waals surface area (Å²) in [5, 5.41) is 0. The molecule has 2 aromatic rings. The smallest absolute Gasteiger partial charge is 0.107 e. The highest BCUT2D eigenvalue weighted by Gasteiger charge is 2.08. The average molecular weight is 177 g/mol. The molecule has 0 aliphatic heterocycles. The number of hydrogen-bond acceptors (Lipinski definition) is 3. The van der Waals surface area contributed by atoms with Gasteiger partial charge in [0, 0.05) is 30.4 Å². The van der Waals surface area contributed by atoms with Gasteiger partial charge >= 0.3 is 0 Å². The summed E-state index contributed by atoms with van der Waals surface area (Å²) < 4.78 is 4.94. The number of H-pyrrole nitrogens is 1. The molecule has 0 saturated heterocycles. The first-order valence-corrected chi connectivity index (χ1v) is 4.12. The van der Waals surface area contributed by atoms with Crippen LogP contribution >= 0.6 is 0 Å². The first-order valence-electron chi connectivity index (χ1n) is 4.12. The molecule has 1 atom stereocenters. The molecule has 3 N–H and O–H groups in total. The van der Waals surface area contributed by atoms with E-state index in [4.69, 9.17) is 10.2 Å². The summed E-state index contributed by atoms with van der Waals surface area (Å²) in [6.07, 6.45) is 7.49. The summed E-state index contributed by atoms with van der Waals surface area (Å²) in [6, 6.07) is 1.82. The molecule has 0 bridgehead atoms. The predicted molar refractivity (Wildman–Crippen MR) is 47.9 cm³/mol. The zero-order chi connectivity index (χ0) is 9.10. The van der Waals surface area contributed by atoms with E-state index in [-0.39, 0.29) is 6.04 Å². The Balaban J connectivity index is 2.04. The van der Waals surface area contributed by atoms with Gasteiger partial charge in [-0.05, 0) is 6.07 Å². The van der Waals surface area contributed by atoms with E-state index in [1.165, 1.54) is 0 Å². The summed E-state index contributed by atoms with van der Waals surface area (Å²) in [6.45, 7) is 0. The van der Waals surface area contributed by atoms with E-state index in [1.807, 2.05) is 6.07 Å². The van der Waals surface area contributed by atoms with Crippen LogP contribution in [0.2, 0.25) is 0 Å². The van der Waals surface area contributed by atoms with Crippen molar-refractivity contribution in [2.45, 2.75) is 12.5 Å². The van der Waals surface area contributed by atoms with Crippen molar-refractivity contribution in [3.05, 3.63) is 42.4 Å². The van der Waals surface area contributed by atoms with Crippen molar-refractivity contribution in [2.75, 3.05) is 0 Å². The van der Waals surface area contributed by atoms with Crippen LogP contribution in [0.25, 0.3) is 0 Å². The third kappa shape index (κ3) is 1.78. The molecule has 1 unspecified atom stereocenters. The van der Waals surface area contributed by atoms with Crippen LogP contribution in [0.4, 0.5) is 0 Å². The maximum Gasteiger partial charge on any atom is 0.107 e. The SMILES string of the molecule is NC(Cc1ncc[nH]1)c1ccoc1. The Morgan fingerprint density at radius 3 is 3.15 bits per heavy atom. The lowest BCUT2D eigenvalue weighted by molar-refractivity contribution is 0.557. The molecule has 2 aromatic heterocycles. The van der Waals surface area contributed by atoms with Gasteiger partial charge in [-0.3, -0.25) is 0 Å². The van der Waals surface area contributed by atoms with Crippen LogP contribution in [0.1, 0.15) is 17.4 Å². The number of aromatic nitrogens is 2. The van der Waals surface area contributed by atoms with E-state index in [0.29, 0.717) is 6.42 Å². The molecule has 0 amide bonds. The molecule has 0 saturated carbocycles. The van der Waals surface area contributed by atoms with Crippen LogP contribution in [0.3, 0.4) is 0 Å². The van der Waals surface area contributed by atoms with Gasteiger partial charge in [-0.2, -0.15) is 0 Å². The molecule has 0 spiro atoms. The van der Waals surface area contributed by atoms with Crippen molar-refractivity contribution in [2.24, 2.45) is 5.73 Å². The predicted octanol–water partition coefficient (Wildman–Crippen LogP) is 1.25. The molecular formula is C9H11N3O. The van der Waals surface area contributed by atoms with E-state index in [1.54, 1.807) is 24.9 Å². The third-order valence-corrected chi connectivity index (χ3v) is 1.94. The highest BCUT2D eigenvalue weighted by atomic mass is 16.3. The fourth-order valence-electron chi connectivity index (χ4n) is 1.22. The molecule has 0 aliphatic rings. The number of nitrogens with two attached hydrogens (primary N) is 1. The number of aromatic amines is 1. The van der Waals surface area contributed by atoms with Gasteiger partial charge in [0.2, 0.25) is 0 Å². The van der Waals surface area contributed by atoms with Crippen LogP contribution in [0, 0.1) is 0 Å².